The van der Waals surface area contributed by atoms with Crippen LogP contribution in [0, 0.1) is 5.82 Å². The molecular weight excluding hydrogens is 503 g/mol. The first-order chi connectivity index (χ1) is 18.8. The van der Waals surface area contributed by atoms with Gasteiger partial charge in [-0.1, -0.05) is 30.3 Å². The molecule has 0 radical (unpaired) electrons. The van der Waals surface area contributed by atoms with Crippen LogP contribution in [0.1, 0.15) is 18.4 Å². The molecule has 5 amide bonds. The number of nitrogens with one attached hydrogen (secondary N) is 3. The van der Waals surface area contributed by atoms with E-state index in [4.69, 9.17) is 4.74 Å². The molecule has 3 aromatic rings. The molecule has 0 spiro atoms. The molecule has 1 aromatic heterocycles. The van der Waals surface area contributed by atoms with E-state index in [9.17, 15) is 18.8 Å². The molecule has 3 N–H and O–H groups in total. The third-order valence-electron chi connectivity index (χ3n) is 6.33. The summed E-state index contributed by atoms with van der Waals surface area (Å²) in [4.78, 5) is 44.9. The first-order valence-electron chi connectivity index (χ1n) is 12.6. The topological polar surface area (TPSA) is 116 Å². The number of nitrogens with zero attached hydrogens (tertiary/aromatic N) is 3. The Bertz CT molecular complexity index is 1310. The van der Waals surface area contributed by atoms with Gasteiger partial charge in [-0.2, -0.15) is 0 Å². The van der Waals surface area contributed by atoms with E-state index >= 15 is 0 Å². The lowest BCUT2D eigenvalue weighted by atomic mass is 10.0. The Kier molecular flexibility index (Phi) is 9.06. The molecule has 4 rings (SSSR count). The summed E-state index contributed by atoms with van der Waals surface area (Å²) >= 11 is 0. The van der Waals surface area contributed by atoms with Gasteiger partial charge in [0.15, 0.2) is 11.6 Å². The number of halogens is 1. The van der Waals surface area contributed by atoms with Crippen LogP contribution in [0.4, 0.5) is 25.5 Å². The fraction of sp³-hybridized carbons (Fsp3) is 0.286. The molecule has 0 aliphatic carbocycles. The molecule has 204 valence electrons. The van der Waals surface area contributed by atoms with E-state index in [0.717, 1.165) is 24.5 Å². The van der Waals surface area contributed by atoms with E-state index < -0.39 is 17.8 Å². The second kappa shape index (κ2) is 12.8. The maximum atomic E-state index is 14.7. The molecule has 11 heteroatoms. The van der Waals surface area contributed by atoms with Crippen molar-refractivity contribution in [2.24, 2.45) is 0 Å². The van der Waals surface area contributed by atoms with Crippen LogP contribution in [-0.2, 0) is 11.2 Å². The van der Waals surface area contributed by atoms with Crippen molar-refractivity contribution >= 4 is 29.5 Å². The number of piperidine rings is 1. The zero-order valence-corrected chi connectivity index (χ0v) is 21.8. The van der Waals surface area contributed by atoms with Crippen LogP contribution in [0.25, 0.3) is 0 Å². The highest BCUT2D eigenvalue weighted by molar-refractivity contribution is 6.01. The predicted molar refractivity (Wildman–Crippen MR) is 145 cm³/mol. The fourth-order valence-corrected chi connectivity index (χ4v) is 4.22. The summed E-state index contributed by atoms with van der Waals surface area (Å²) in [6.07, 6.45) is 3.28. The lowest BCUT2D eigenvalue weighted by Gasteiger charge is -2.35. The van der Waals surface area contributed by atoms with Crippen molar-refractivity contribution in [3.63, 3.8) is 0 Å². The molecule has 10 nitrogen and oxygen atoms in total. The van der Waals surface area contributed by atoms with Gasteiger partial charge in [0, 0.05) is 43.1 Å². The third-order valence-corrected chi connectivity index (χ3v) is 6.33. The minimum absolute atomic E-state index is 0.0404. The number of carbonyl (C=O) groups excluding carboxylic acids is 3. The maximum absolute atomic E-state index is 14.7. The fourth-order valence-electron chi connectivity index (χ4n) is 4.22. The van der Waals surface area contributed by atoms with Crippen molar-refractivity contribution < 1.29 is 23.5 Å². The number of aromatic nitrogens is 1. The quantitative estimate of drug-likeness (QED) is 0.412. The van der Waals surface area contributed by atoms with Gasteiger partial charge in [0.1, 0.15) is 11.6 Å². The highest BCUT2D eigenvalue weighted by Gasteiger charge is 2.24. The van der Waals surface area contributed by atoms with E-state index in [1.54, 1.807) is 29.2 Å². The van der Waals surface area contributed by atoms with Crippen LogP contribution >= 0.6 is 0 Å². The molecule has 0 unspecified atom stereocenters. The molecule has 1 aliphatic heterocycles. The van der Waals surface area contributed by atoms with Gasteiger partial charge in [-0.05, 0) is 50.7 Å². The van der Waals surface area contributed by atoms with Crippen molar-refractivity contribution in [3.05, 3.63) is 78.2 Å². The predicted octanol–water partition coefficient (Wildman–Crippen LogP) is 4.46. The Hall–Kier alpha value is -4.51. The normalized spacial score (nSPS) is 13.6. The Morgan fingerprint density at radius 3 is 2.46 bits per heavy atom. The minimum Gasteiger partial charge on any atom is -0.454 e. The molecular formula is C28H31FN6O4. The summed E-state index contributed by atoms with van der Waals surface area (Å²) in [5.74, 6) is -0.749. The highest BCUT2D eigenvalue weighted by atomic mass is 19.1. The van der Waals surface area contributed by atoms with Crippen LogP contribution < -0.4 is 20.7 Å². The van der Waals surface area contributed by atoms with Gasteiger partial charge in [0.2, 0.25) is 5.91 Å². The number of likely N-dealkylation sites (tertiary alicyclic amines) is 1. The van der Waals surface area contributed by atoms with Gasteiger partial charge in [0.25, 0.3) is 0 Å². The number of carbonyl (C=O) groups is 3. The summed E-state index contributed by atoms with van der Waals surface area (Å²) in [5, 5.41) is 7.41. The zero-order chi connectivity index (χ0) is 27.8. The molecule has 2 heterocycles. The number of imide groups is 1. The summed E-state index contributed by atoms with van der Waals surface area (Å²) in [6, 6.07) is 15.3. The highest BCUT2D eigenvalue weighted by Crippen LogP contribution is 2.28. The summed E-state index contributed by atoms with van der Waals surface area (Å²) in [5.41, 5.74) is 0.907. The molecule has 39 heavy (non-hydrogen) atoms. The monoisotopic (exact) mass is 534 g/mol. The minimum atomic E-state index is -0.774. The van der Waals surface area contributed by atoms with Crippen LogP contribution in [-0.4, -0.2) is 66.0 Å². The number of amides is 5. The van der Waals surface area contributed by atoms with Gasteiger partial charge in [-0.3, -0.25) is 15.4 Å². The second-order valence-electron chi connectivity index (χ2n) is 9.40. The van der Waals surface area contributed by atoms with Crippen LogP contribution in [0.2, 0.25) is 0 Å². The molecule has 0 bridgehead atoms. The average molecular weight is 535 g/mol. The summed E-state index contributed by atoms with van der Waals surface area (Å²) in [7, 11) is 4.08. The standard InChI is InChI=1S/C28H31FN6O4/c1-34(2)21-11-14-35(15-12-21)28(38)32-25-18-22(10-13-30-25)39-24-9-8-20(17-23(24)29)31-27(37)33-26(36)16-19-6-4-3-5-7-19/h3-10,13,17-18,21H,11-12,14-16H2,1-2H3,(H,30,32,38)(H2,31,33,36,37). The summed E-state index contributed by atoms with van der Waals surface area (Å²) in [6.45, 7) is 1.30. The number of pyridine rings is 1. The van der Waals surface area contributed by atoms with Crippen molar-refractivity contribution in [1.82, 2.24) is 20.1 Å². The van der Waals surface area contributed by atoms with Crippen molar-refractivity contribution in [2.45, 2.75) is 25.3 Å². The molecule has 0 atom stereocenters. The first-order valence-corrected chi connectivity index (χ1v) is 12.6. The number of urea groups is 2. The Balaban J connectivity index is 1.29. The van der Waals surface area contributed by atoms with E-state index in [1.807, 2.05) is 20.2 Å². The number of anilines is 2. The summed E-state index contributed by atoms with van der Waals surface area (Å²) < 4.78 is 20.4. The lowest BCUT2D eigenvalue weighted by Crippen LogP contribution is -2.46. The van der Waals surface area contributed by atoms with Crippen molar-refractivity contribution in [3.8, 4) is 11.5 Å². The molecule has 1 saturated heterocycles. The number of benzene rings is 2. The van der Waals surface area contributed by atoms with Crippen molar-refractivity contribution in [2.75, 3.05) is 37.8 Å². The largest absolute Gasteiger partial charge is 0.454 e. The zero-order valence-electron chi connectivity index (χ0n) is 21.8. The first kappa shape index (κ1) is 27.5. The SMILES string of the molecule is CN(C)C1CCN(C(=O)Nc2cc(Oc3ccc(NC(=O)NC(=O)Cc4ccccc4)cc3F)ccn2)CC1. The smallest absolute Gasteiger partial charge is 0.325 e. The van der Waals surface area contributed by atoms with Crippen LogP contribution in [0.15, 0.2) is 66.9 Å². The van der Waals surface area contributed by atoms with Gasteiger partial charge in [-0.25, -0.2) is 19.0 Å². The van der Waals surface area contributed by atoms with Gasteiger partial charge < -0.3 is 19.9 Å². The van der Waals surface area contributed by atoms with Crippen LogP contribution in [0.5, 0.6) is 11.5 Å². The van der Waals surface area contributed by atoms with E-state index in [0.29, 0.717) is 19.1 Å². The molecule has 0 saturated carbocycles. The van der Waals surface area contributed by atoms with Gasteiger partial charge >= 0.3 is 12.1 Å². The maximum Gasteiger partial charge on any atom is 0.325 e. The second-order valence-corrected chi connectivity index (χ2v) is 9.40. The van der Waals surface area contributed by atoms with E-state index in [2.05, 4.69) is 25.8 Å². The Morgan fingerprint density at radius 2 is 1.77 bits per heavy atom. The lowest BCUT2D eigenvalue weighted by molar-refractivity contribution is -0.119. The molecule has 2 aromatic carbocycles. The number of ether oxygens (including phenoxy) is 1. The Labute approximate surface area is 226 Å². The number of rotatable bonds is 7. The van der Waals surface area contributed by atoms with Gasteiger partial charge in [0.05, 0.1) is 6.42 Å². The Morgan fingerprint density at radius 1 is 1.03 bits per heavy atom. The molecule has 1 aliphatic rings. The van der Waals surface area contributed by atoms with E-state index in [-0.39, 0.29) is 35.5 Å². The van der Waals surface area contributed by atoms with E-state index in [1.165, 1.54) is 30.5 Å². The van der Waals surface area contributed by atoms with Crippen molar-refractivity contribution in [1.29, 1.82) is 0 Å². The third kappa shape index (κ3) is 7.99. The average Bonchev–Trinajstić information content (AvgIpc) is 2.91. The number of hydrogen-bond donors (Lipinski definition) is 3. The number of hydrogen-bond acceptors (Lipinski definition) is 6. The van der Waals surface area contributed by atoms with Gasteiger partial charge in [-0.15, -0.1) is 0 Å². The molecule has 1 fully saturated rings. The van der Waals surface area contributed by atoms with Crippen LogP contribution in [0.3, 0.4) is 0 Å².